The zero-order valence-electron chi connectivity index (χ0n) is 11.8. The van der Waals surface area contributed by atoms with Gasteiger partial charge in [0.15, 0.2) is 0 Å². The minimum atomic E-state index is -0.949. The van der Waals surface area contributed by atoms with Gasteiger partial charge in [-0.3, -0.25) is 9.59 Å². The highest BCUT2D eigenvalue weighted by Gasteiger charge is 2.16. The van der Waals surface area contributed by atoms with E-state index in [1.807, 2.05) is 0 Å². The van der Waals surface area contributed by atoms with Crippen LogP contribution in [-0.2, 0) is 9.59 Å². The van der Waals surface area contributed by atoms with Gasteiger partial charge in [0.1, 0.15) is 5.82 Å². The van der Waals surface area contributed by atoms with Gasteiger partial charge in [-0.25, -0.2) is 4.39 Å². The van der Waals surface area contributed by atoms with Crippen LogP contribution in [0.2, 0.25) is 0 Å². The third-order valence-electron chi connectivity index (χ3n) is 2.97. The number of carboxylic acid groups (broad SMARTS) is 1. The van der Waals surface area contributed by atoms with Gasteiger partial charge in [-0.2, -0.15) is 0 Å². The van der Waals surface area contributed by atoms with E-state index >= 15 is 0 Å². The van der Waals surface area contributed by atoms with Crippen molar-refractivity contribution in [2.45, 2.75) is 13.8 Å². The summed E-state index contributed by atoms with van der Waals surface area (Å²) in [4.78, 5) is 24.0. The lowest BCUT2D eigenvalue weighted by Crippen LogP contribution is -2.32. The van der Waals surface area contributed by atoms with Gasteiger partial charge in [0.25, 0.3) is 0 Å². The molecular formula is C15H18FNO3. The summed E-state index contributed by atoms with van der Waals surface area (Å²) in [5, 5.41) is 8.81. The predicted octanol–water partition coefficient (Wildman–Crippen LogP) is 2.41. The van der Waals surface area contributed by atoms with Gasteiger partial charge >= 0.3 is 5.97 Å². The SMILES string of the molecule is C/C(=C\C(=O)N(C)CC(C)C(=O)O)c1cccc(F)c1. The molecule has 1 aromatic carbocycles. The Kier molecular flexibility index (Phi) is 5.43. The molecule has 0 saturated carbocycles. The molecular weight excluding hydrogens is 261 g/mol. The summed E-state index contributed by atoms with van der Waals surface area (Å²) in [7, 11) is 1.54. The summed E-state index contributed by atoms with van der Waals surface area (Å²) in [5.41, 5.74) is 1.25. The standard InChI is InChI=1S/C15H18FNO3/c1-10(12-5-4-6-13(16)8-12)7-14(18)17(3)9-11(2)15(19)20/h4-8,11H,9H2,1-3H3,(H,19,20)/b10-7+. The highest BCUT2D eigenvalue weighted by atomic mass is 19.1. The van der Waals surface area contributed by atoms with E-state index in [-0.39, 0.29) is 18.3 Å². The Labute approximate surface area is 117 Å². The second-order valence-corrected chi connectivity index (χ2v) is 4.80. The number of benzene rings is 1. The molecule has 1 N–H and O–H groups in total. The number of hydrogen-bond donors (Lipinski definition) is 1. The van der Waals surface area contributed by atoms with Crippen LogP contribution in [0.3, 0.4) is 0 Å². The number of hydrogen-bond acceptors (Lipinski definition) is 2. The zero-order valence-corrected chi connectivity index (χ0v) is 11.8. The fourth-order valence-corrected chi connectivity index (χ4v) is 1.69. The number of halogens is 1. The van der Waals surface area contributed by atoms with Crippen molar-refractivity contribution in [2.75, 3.05) is 13.6 Å². The van der Waals surface area contributed by atoms with E-state index in [0.29, 0.717) is 11.1 Å². The molecule has 0 spiro atoms. The number of carboxylic acids is 1. The predicted molar refractivity (Wildman–Crippen MR) is 74.5 cm³/mol. The van der Waals surface area contributed by atoms with Crippen LogP contribution in [0.1, 0.15) is 19.4 Å². The van der Waals surface area contributed by atoms with Crippen LogP contribution in [-0.4, -0.2) is 35.5 Å². The molecule has 0 heterocycles. The van der Waals surface area contributed by atoms with Gasteiger partial charge in [0, 0.05) is 19.7 Å². The van der Waals surface area contributed by atoms with E-state index in [9.17, 15) is 14.0 Å². The number of carbonyl (C=O) groups excluding carboxylic acids is 1. The van der Waals surface area contributed by atoms with Crippen LogP contribution >= 0.6 is 0 Å². The molecule has 0 aromatic heterocycles. The lowest BCUT2D eigenvalue weighted by atomic mass is 10.1. The van der Waals surface area contributed by atoms with Crippen molar-refractivity contribution in [3.8, 4) is 0 Å². The minimum Gasteiger partial charge on any atom is -0.481 e. The molecule has 0 bridgehead atoms. The number of carbonyl (C=O) groups is 2. The van der Waals surface area contributed by atoms with Crippen molar-refractivity contribution in [1.29, 1.82) is 0 Å². The second-order valence-electron chi connectivity index (χ2n) is 4.80. The molecule has 1 unspecified atom stereocenters. The molecule has 0 aliphatic carbocycles. The van der Waals surface area contributed by atoms with Crippen molar-refractivity contribution < 1.29 is 19.1 Å². The molecule has 1 amide bonds. The van der Waals surface area contributed by atoms with Gasteiger partial charge in [0.05, 0.1) is 5.92 Å². The van der Waals surface area contributed by atoms with Crippen molar-refractivity contribution in [2.24, 2.45) is 5.92 Å². The van der Waals surface area contributed by atoms with Crippen LogP contribution in [0.4, 0.5) is 4.39 Å². The number of likely N-dealkylation sites (N-methyl/N-ethyl adjacent to an activating group) is 1. The summed E-state index contributed by atoms with van der Waals surface area (Å²) in [6.07, 6.45) is 1.38. The van der Waals surface area contributed by atoms with E-state index in [2.05, 4.69) is 0 Å². The molecule has 4 nitrogen and oxygen atoms in total. The van der Waals surface area contributed by atoms with E-state index in [0.717, 1.165) is 0 Å². The number of aliphatic carboxylic acids is 1. The topological polar surface area (TPSA) is 57.6 Å². The Bertz CT molecular complexity index is 540. The van der Waals surface area contributed by atoms with E-state index in [4.69, 9.17) is 5.11 Å². The molecule has 0 saturated heterocycles. The molecule has 0 radical (unpaired) electrons. The Morgan fingerprint density at radius 2 is 2.10 bits per heavy atom. The lowest BCUT2D eigenvalue weighted by Gasteiger charge is -2.18. The summed E-state index contributed by atoms with van der Waals surface area (Å²) < 4.78 is 13.1. The highest BCUT2D eigenvalue weighted by Crippen LogP contribution is 2.15. The molecule has 5 heteroatoms. The zero-order chi connectivity index (χ0) is 15.3. The van der Waals surface area contributed by atoms with Crippen LogP contribution < -0.4 is 0 Å². The first-order valence-corrected chi connectivity index (χ1v) is 6.23. The highest BCUT2D eigenvalue weighted by molar-refractivity contribution is 5.94. The Morgan fingerprint density at radius 1 is 1.45 bits per heavy atom. The first-order chi connectivity index (χ1) is 9.31. The Morgan fingerprint density at radius 3 is 2.65 bits per heavy atom. The average Bonchev–Trinajstić information content (AvgIpc) is 2.38. The van der Waals surface area contributed by atoms with Crippen LogP contribution in [0.5, 0.6) is 0 Å². The van der Waals surface area contributed by atoms with Gasteiger partial charge in [-0.05, 0) is 30.2 Å². The Hall–Kier alpha value is -2.17. The number of amides is 1. The Balaban J connectivity index is 2.77. The summed E-state index contributed by atoms with van der Waals surface area (Å²) in [6.45, 7) is 3.37. The summed E-state index contributed by atoms with van der Waals surface area (Å²) >= 11 is 0. The maximum atomic E-state index is 13.1. The first kappa shape index (κ1) is 15.9. The molecule has 0 aliphatic rings. The van der Waals surface area contributed by atoms with E-state index in [1.54, 1.807) is 19.1 Å². The molecule has 0 aliphatic heterocycles. The fraction of sp³-hybridized carbons (Fsp3) is 0.333. The van der Waals surface area contributed by atoms with Crippen molar-refractivity contribution in [3.63, 3.8) is 0 Å². The van der Waals surface area contributed by atoms with E-state index < -0.39 is 11.9 Å². The largest absolute Gasteiger partial charge is 0.481 e. The molecule has 0 fully saturated rings. The van der Waals surface area contributed by atoms with Gasteiger partial charge in [0.2, 0.25) is 5.91 Å². The number of nitrogens with zero attached hydrogens (tertiary/aromatic N) is 1. The minimum absolute atomic E-state index is 0.126. The molecule has 1 atom stereocenters. The smallest absolute Gasteiger partial charge is 0.308 e. The van der Waals surface area contributed by atoms with Gasteiger partial charge in [-0.15, -0.1) is 0 Å². The number of allylic oxidation sites excluding steroid dienone is 1. The molecule has 108 valence electrons. The van der Waals surface area contributed by atoms with Crippen molar-refractivity contribution in [1.82, 2.24) is 4.90 Å². The molecule has 20 heavy (non-hydrogen) atoms. The fourth-order valence-electron chi connectivity index (χ4n) is 1.69. The van der Waals surface area contributed by atoms with Crippen molar-refractivity contribution >= 4 is 17.4 Å². The van der Waals surface area contributed by atoms with E-state index in [1.165, 1.54) is 37.1 Å². The van der Waals surface area contributed by atoms with Crippen LogP contribution in [0.15, 0.2) is 30.3 Å². The van der Waals surface area contributed by atoms with Gasteiger partial charge < -0.3 is 10.0 Å². The maximum absolute atomic E-state index is 13.1. The molecule has 1 rings (SSSR count). The number of rotatable bonds is 5. The average molecular weight is 279 g/mol. The van der Waals surface area contributed by atoms with Gasteiger partial charge in [-0.1, -0.05) is 19.1 Å². The quantitative estimate of drug-likeness (QED) is 0.842. The van der Waals surface area contributed by atoms with Crippen LogP contribution in [0, 0.1) is 11.7 Å². The van der Waals surface area contributed by atoms with Crippen LogP contribution in [0.25, 0.3) is 5.57 Å². The normalized spacial score (nSPS) is 12.9. The third-order valence-corrected chi connectivity index (χ3v) is 2.97. The third kappa shape index (κ3) is 4.50. The lowest BCUT2D eigenvalue weighted by molar-refractivity contribution is -0.142. The summed E-state index contributed by atoms with van der Waals surface area (Å²) in [6, 6.07) is 5.96. The second kappa shape index (κ2) is 6.84. The summed E-state index contributed by atoms with van der Waals surface area (Å²) in [5.74, 6) is -2.25. The first-order valence-electron chi connectivity index (χ1n) is 6.23. The maximum Gasteiger partial charge on any atom is 0.308 e. The van der Waals surface area contributed by atoms with Crippen molar-refractivity contribution in [3.05, 3.63) is 41.7 Å². The molecule has 1 aromatic rings. The monoisotopic (exact) mass is 279 g/mol.